The van der Waals surface area contributed by atoms with E-state index in [0.717, 1.165) is 0 Å². The molecule has 0 spiro atoms. The summed E-state index contributed by atoms with van der Waals surface area (Å²) in [4.78, 5) is 0. The summed E-state index contributed by atoms with van der Waals surface area (Å²) in [5.74, 6) is 0. The first-order valence-corrected chi connectivity index (χ1v) is 3.85. The van der Waals surface area contributed by atoms with Gasteiger partial charge in [-0.2, -0.15) is 13.9 Å². The lowest BCUT2D eigenvalue weighted by Gasteiger charge is -2.03. The fourth-order valence-corrected chi connectivity index (χ4v) is 0.946. The number of anilines is 1. The molecule has 0 aliphatic carbocycles. The topological polar surface area (TPSA) is 53.1 Å². The van der Waals surface area contributed by atoms with Gasteiger partial charge in [0.15, 0.2) is 0 Å². The van der Waals surface area contributed by atoms with Crippen molar-refractivity contribution >= 4 is 17.3 Å². The normalized spacial score (nSPS) is 11.1. The van der Waals surface area contributed by atoms with Crippen molar-refractivity contribution in [2.75, 3.05) is 12.3 Å². The molecule has 1 aromatic heterocycles. The largest absolute Gasteiger partial charge is 0.395 e. The lowest BCUT2D eigenvalue weighted by atomic mass is 10.6. The van der Waals surface area contributed by atoms with Crippen molar-refractivity contribution in [1.29, 1.82) is 0 Å². The Morgan fingerprint density at radius 1 is 1.69 bits per heavy atom. The maximum Gasteiger partial charge on any atom is 0.345 e. The van der Waals surface area contributed by atoms with Gasteiger partial charge in [-0.15, -0.1) is 0 Å². The minimum Gasteiger partial charge on any atom is -0.395 e. The molecule has 0 bridgehead atoms. The van der Waals surface area contributed by atoms with E-state index in [2.05, 4.69) is 9.84 Å². The Bertz CT molecular complexity index is 279. The summed E-state index contributed by atoms with van der Waals surface area (Å²) in [6, 6.07) is 0. The van der Waals surface area contributed by atoms with E-state index in [-0.39, 0.29) is 18.3 Å². The monoisotopic (exact) mass is 211 g/mol. The molecule has 1 heterocycles. The fourth-order valence-electron chi connectivity index (χ4n) is 0.769. The SMILES string of the molecule is Nc1cnn(CCOC(F)F)c1Cl. The third-order valence-corrected chi connectivity index (χ3v) is 1.76. The van der Waals surface area contributed by atoms with E-state index in [1.165, 1.54) is 10.9 Å². The second-order valence-corrected chi connectivity index (χ2v) is 2.60. The molecule has 0 fully saturated rings. The minimum atomic E-state index is -2.77. The van der Waals surface area contributed by atoms with Gasteiger partial charge >= 0.3 is 6.61 Å². The Balaban J connectivity index is 2.41. The smallest absolute Gasteiger partial charge is 0.345 e. The molecule has 74 valence electrons. The van der Waals surface area contributed by atoms with Gasteiger partial charge in [-0.05, 0) is 0 Å². The van der Waals surface area contributed by atoms with E-state index in [1.807, 2.05) is 0 Å². The van der Waals surface area contributed by atoms with Crippen LogP contribution in [0.2, 0.25) is 5.15 Å². The van der Waals surface area contributed by atoms with E-state index >= 15 is 0 Å². The van der Waals surface area contributed by atoms with Crippen LogP contribution in [-0.4, -0.2) is 23.0 Å². The summed E-state index contributed by atoms with van der Waals surface area (Å²) < 4.78 is 28.4. The Hall–Kier alpha value is -0.880. The predicted molar refractivity (Wildman–Crippen MR) is 43.6 cm³/mol. The molecule has 0 aliphatic rings. The van der Waals surface area contributed by atoms with Gasteiger partial charge in [0.2, 0.25) is 0 Å². The van der Waals surface area contributed by atoms with Crippen LogP contribution in [0.1, 0.15) is 0 Å². The third kappa shape index (κ3) is 2.82. The molecule has 0 saturated carbocycles. The van der Waals surface area contributed by atoms with Crippen LogP contribution in [0.5, 0.6) is 0 Å². The van der Waals surface area contributed by atoms with Gasteiger partial charge < -0.3 is 10.5 Å². The number of hydrogen-bond acceptors (Lipinski definition) is 3. The maximum absolute atomic E-state index is 11.5. The number of alkyl halides is 2. The molecular weight excluding hydrogens is 204 g/mol. The van der Waals surface area contributed by atoms with Gasteiger partial charge in [-0.25, -0.2) is 4.68 Å². The van der Waals surface area contributed by atoms with E-state index < -0.39 is 6.61 Å². The Labute approximate surface area is 78.2 Å². The highest BCUT2D eigenvalue weighted by molar-refractivity contribution is 6.31. The van der Waals surface area contributed by atoms with Crippen LogP contribution in [-0.2, 0) is 11.3 Å². The van der Waals surface area contributed by atoms with Crippen LogP contribution in [0.4, 0.5) is 14.5 Å². The molecule has 0 aromatic carbocycles. The van der Waals surface area contributed by atoms with Crippen LogP contribution in [0.15, 0.2) is 6.20 Å². The number of hydrogen-bond donors (Lipinski definition) is 1. The van der Waals surface area contributed by atoms with Gasteiger partial charge in [0.1, 0.15) is 5.15 Å². The number of nitrogens with two attached hydrogens (primary N) is 1. The van der Waals surface area contributed by atoms with E-state index in [4.69, 9.17) is 17.3 Å². The molecule has 7 heteroatoms. The standard InChI is InChI=1S/C6H8ClF2N3O/c7-5-4(10)3-11-12(5)1-2-13-6(8)9/h3,6H,1-2,10H2. The molecule has 0 atom stereocenters. The van der Waals surface area contributed by atoms with E-state index in [9.17, 15) is 8.78 Å². The summed E-state index contributed by atoms with van der Waals surface area (Å²) in [6.45, 7) is -2.77. The Morgan fingerprint density at radius 3 is 2.85 bits per heavy atom. The summed E-state index contributed by atoms with van der Waals surface area (Å²) in [5, 5.41) is 3.98. The molecule has 13 heavy (non-hydrogen) atoms. The maximum atomic E-state index is 11.5. The van der Waals surface area contributed by atoms with Crippen molar-refractivity contribution in [2.45, 2.75) is 13.2 Å². The number of ether oxygens (including phenoxy) is 1. The number of nitrogens with zero attached hydrogens (tertiary/aromatic N) is 2. The molecule has 2 N–H and O–H groups in total. The van der Waals surface area contributed by atoms with Gasteiger partial charge in [0.05, 0.1) is 25.0 Å². The van der Waals surface area contributed by atoms with Crippen molar-refractivity contribution in [2.24, 2.45) is 0 Å². The average molecular weight is 212 g/mol. The predicted octanol–water partition coefficient (Wildman–Crippen LogP) is 1.36. The minimum absolute atomic E-state index is 0.153. The Morgan fingerprint density at radius 2 is 2.38 bits per heavy atom. The molecule has 0 saturated heterocycles. The summed E-state index contributed by atoms with van der Waals surface area (Å²) in [7, 11) is 0. The van der Waals surface area contributed by atoms with E-state index in [1.54, 1.807) is 0 Å². The van der Waals surface area contributed by atoms with Crippen LogP contribution < -0.4 is 5.73 Å². The number of halogens is 3. The van der Waals surface area contributed by atoms with Crippen LogP contribution in [0, 0.1) is 0 Å². The first kappa shape index (κ1) is 10.2. The molecule has 0 unspecified atom stereocenters. The first-order chi connectivity index (χ1) is 6.11. The van der Waals surface area contributed by atoms with Crippen molar-refractivity contribution < 1.29 is 13.5 Å². The highest BCUT2D eigenvalue weighted by Crippen LogP contribution is 2.16. The van der Waals surface area contributed by atoms with Crippen LogP contribution in [0.3, 0.4) is 0 Å². The van der Waals surface area contributed by atoms with Gasteiger partial charge in [-0.1, -0.05) is 11.6 Å². The van der Waals surface area contributed by atoms with E-state index in [0.29, 0.717) is 5.69 Å². The number of nitrogen functional groups attached to an aromatic ring is 1. The van der Waals surface area contributed by atoms with Crippen LogP contribution >= 0.6 is 11.6 Å². The highest BCUT2D eigenvalue weighted by atomic mass is 35.5. The number of rotatable bonds is 4. The molecule has 1 aromatic rings. The van der Waals surface area contributed by atoms with Gasteiger partial charge in [0.25, 0.3) is 0 Å². The quantitative estimate of drug-likeness (QED) is 0.818. The third-order valence-electron chi connectivity index (χ3n) is 1.35. The summed E-state index contributed by atoms with van der Waals surface area (Å²) in [6.07, 6.45) is 1.35. The zero-order valence-electron chi connectivity index (χ0n) is 6.58. The average Bonchev–Trinajstić information content (AvgIpc) is 2.35. The van der Waals surface area contributed by atoms with Gasteiger partial charge in [-0.3, -0.25) is 0 Å². The van der Waals surface area contributed by atoms with Crippen LogP contribution in [0.25, 0.3) is 0 Å². The highest BCUT2D eigenvalue weighted by Gasteiger charge is 2.06. The second-order valence-electron chi connectivity index (χ2n) is 2.25. The van der Waals surface area contributed by atoms with Gasteiger partial charge in [0, 0.05) is 0 Å². The first-order valence-electron chi connectivity index (χ1n) is 3.48. The van der Waals surface area contributed by atoms with Crippen molar-refractivity contribution in [1.82, 2.24) is 9.78 Å². The molecule has 0 radical (unpaired) electrons. The molecule has 0 amide bonds. The molecule has 1 rings (SSSR count). The summed E-state index contributed by atoms with van der Waals surface area (Å²) in [5.41, 5.74) is 5.69. The summed E-state index contributed by atoms with van der Waals surface area (Å²) >= 11 is 5.66. The zero-order valence-corrected chi connectivity index (χ0v) is 7.34. The fraction of sp³-hybridized carbons (Fsp3) is 0.500. The number of aromatic nitrogens is 2. The van der Waals surface area contributed by atoms with Crippen molar-refractivity contribution in [3.8, 4) is 0 Å². The Kier molecular flexibility index (Phi) is 3.44. The second kappa shape index (κ2) is 4.38. The molecule has 4 nitrogen and oxygen atoms in total. The molecular formula is C6H8ClF2N3O. The van der Waals surface area contributed by atoms with Crippen molar-refractivity contribution in [3.63, 3.8) is 0 Å². The lowest BCUT2D eigenvalue weighted by Crippen LogP contribution is -2.10. The zero-order chi connectivity index (χ0) is 9.84. The lowest BCUT2D eigenvalue weighted by molar-refractivity contribution is -0.130. The molecule has 0 aliphatic heterocycles. The van der Waals surface area contributed by atoms with Crippen molar-refractivity contribution in [3.05, 3.63) is 11.3 Å².